The Morgan fingerprint density at radius 3 is 2.80 bits per heavy atom. The minimum absolute atomic E-state index is 0.0539. The van der Waals surface area contributed by atoms with Crippen LogP contribution >= 0.6 is 11.8 Å². The molecule has 0 radical (unpaired) electrons. The first-order chi connectivity index (χ1) is 7.16. The summed E-state index contributed by atoms with van der Waals surface area (Å²) in [5.41, 5.74) is 0. The van der Waals surface area contributed by atoms with E-state index >= 15 is 0 Å². The van der Waals surface area contributed by atoms with E-state index in [2.05, 4.69) is 0 Å². The fourth-order valence-corrected chi connectivity index (χ4v) is 2.67. The van der Waals surface area contributed by atoms with E-state index in [-0.39, 0.29) is 23.1 Å². The Morgan fingerprint density at radius 1 is 1.47 bits per heavy atom. The Morgan fingerprint density at radius 2 is 2.20 bits per heavy atom. The molecule has 2 nitrogen and oxygen atoms in total. The summed E-state index contributed by atoms with van der Waals surface area (Å²) < 4.78 is 18.3. The molecule has 0 aliphatic carbocycles. The number of hydrogen-bond donors (Lipinski definition) is 0. The molecule has 15 heavy (non-hydrogen) atoms. The van der Waals surface area contributed by atoms with Crippen LogP contribution in [-0.4, -0.2) is 17.3 Å². The minimum Gasteiger partial charge on any atom is -0.462 e. The van der Waals surface area contributed by atoms with Crippen molar-refractivity contribution in [1.29, 1.82) is 0 Å². The maximum atomic E-state index is 13.3. The highest BCUT2D eigenvalue weighted by Crippen LogP contribution is 2.33. The number of hydrogen-bond acceptors (Lipinski definition) is 3. The van der Waals surface area contributed by atoms with Gasteiger partial charge in [0.05, 0.1) is 0 Å². The SMILES string of the molecule is CC1CC(Sc2ccccc2F)C(=O)O1. The predicted octanol–water partition coefficient (Wildman–Crippen LogP) is 2.62. The molecule has 2 unspecified atom stereocenters. The quantitative estimate of drug-likeness (QED) is 0.725. The topological polar surface area (TPSA) is 26.3 Å². The first kappa shape index (κ1) is 10.5. The van der Waals surface area contributed by atoms with Gasteiger partial charge in [0.1, 0.15) is 17.2 Å². The molecular formula is C11H11FO2S. The van der Waals surface area contributed by atoms with E-state index in [1.54, 1.807) is 18.2 Å². The molecule has 1 saturated heterocycles. The average Bonchev–Trinajstić information content (AvgIpc) is 2.49. The lowest BCUT2D eigenvalue weighted by Gasteiger charge is -2.05. The van der Waals surface area contributed by atoms with Gasteiger partial charge in [-0.2, -0.15) is 0 Å². The third-order valence-corrected chi connectivity index (χ3v) is 3.49. The molecule has 0 saturated carbocycles. The highest BCUT2D eigenvalue weighted by Gasteiger charge is 2.32. The third-order valence-electron chi connectivity index (χ3n) is 2.23. The van der Waals surface area contributed by atoms with Crippen LogP contribution in [0.5, 0.6) is 0 Å². The van der Waals surface area contributed by atoms with Gasteiger partial charge in [-0.1, -0.05) is 12.1 Å². The second-order valence-corrected chi connectivity index (χ2v) is 4.76. The Bertz CT molecular complexity index is 381. The van der Waals surface area contributed by atoms with Gasteiger partial charge in [0, 0.05) is 11.3 Å². The van der Waals surface area contributed by atoms with Crippen molar-refractivity contribution in [3.05, 3.63) is 30.1 Å². The Labute approximate surface area is 91.8 Å². The van der Waals surface area contributed by atoms with Crippen molar-refractivity contribution in [2.24, 2.45) is 0 Å². The summed E-state index contributed by atoms with van der Waals surface area (Å²) in [7, 11) is 0. The molecule has 4 heteroatoms. The van der Waals surface area contributed by atoms with Crippen molar-refractivity contribution in [2.75, 3.05) is 0 Å². The summed E-state index contributed by atoms with van der Waals surface area (Å²) in [6.45, 7) is 1.85. The van der Waals surface area contributed by atoms with E-state index in [0.29, 0.717) is 11.3 Å². The molecule has 80 valence electrons. The van der Waals surface area contributed by atoms with E-state index in [1.165, 1.54) is 17.8 Å². The van der Waals surface area contributed by atoms with Crippen LogP contribution in [0, 0.1) is 5.82 Å². The lowest BCUT2D eigenvalue weighted by molar-refractivity contribution is -0.140. The molecular weight excluding hydrogens is 215 g/mol. The van der Waals surface area contributed by atoms with E-state index in [0.717, 1.165) is 0 Å². The van der Waals surface area contributed by atoms with Gasteiger partial charge in [-0.25, -0.2) is 4.39 Å². The zero-order chi connectivity index (χ0) is 10.8. The number of thioether (sulfide) groups is 1. The Kier molecular flexibility index (Phi) is 2.95. The zero-order valence-corrected chi connectivity index (χ0v) is 9.09. The molecule has 0 N–H and O–H groups in total. The molecule has 0 amide bonds. The monoisotopic (exact) mass is 226 g/mol. The van der Waals surface area contributed by atoms with Crippen LogP contribution in [-0.2, 0) is 9.53 Å². The molecule has 1 heterocycles. The maximum Gasteiger partial charge on any atom is 0.319 e. The van der Waals surface area contributed by atoms with Gasteiger partial charge >= 0.3 is 5.97 Å². The van der Waals surface area contributed by atoms with E-state index < -0.39 is 0 Å². The molecule has 1 fully saturated rings. The number of carbonyl (C=O) groups excluding carboxylic acids is 1. The van der Waals surface area contributed by atoms with Gasteiger partial charge in [-0.05, 0) is 19.1 Å². The van der Waals surface area contributed by atoms with Gasteiger partial charge in [0.2, 0.25) is 0 Å². The van der Waals surface area contributed by atoms with Crippen LogP contribution in [0.4, 0.5) is 4.39 Å². The predicted molar refractivity (Wildman–Crippen MR) is 56.2 cm³/mol. The van der Waals surface area contributed by atoms with E-state index in [4.69, 9.17) is 4.74 Å². The largest absolute Gasteiger partial charge is 0.462 e. The van der Waals surface area contributed by atoms with Crippen molar-refractivity contribution in [1.82, 2.24) is 0 Å². The molecule has 0 aromatic heterocycles. The van der Waals surface area contributed by atoms with Crippen molar-refractivity contribution in [2.45, 2.75) is 29.6 Å². The second kappa shape index (κ2) is 4.23. The first-order valence-electron chi connectivity index (χ1n) is 4.78. The van der Waals surface area contributed by atoms with E-state index in [9.17, 15) is 9.18 Å². The van der Waals surface area contributed by atoms with Gasteiger partial charge in [-0.15, -0.1) is 11.8 Å². The zero-order valence-electron chi connectivity index (χ0n) is 8.27. The smallest absolute Gasteiger partial charge is 0.319 e. The number of benzene rings is 1. The molecule has 1 aliphatic rings. The van der Waals surface area contributed by atoms with Crippen LogP contribution in [0.3, 0.4) is 0 Å². The normalized spacial score (nSPS) is 25.3. The fraction of sp³-hybridized carbons (Fsp3) is 0.364. The second-order valence-electron chi connectivity index (χ2n) is 3.52. The standard InChI is InChI=1S/C11H11FO2S/c1-7-6-10(11(13)14-7)15-9-5-3-2-4-8(9)12/h2-5,7,10H,6H2,1H3. The van der Waals surface area contributed by atoms with Crippen molar-refractivity contribution in [3.8, 4) is 0 Å². The molecule has 0 bridgehead atoms. The van der Waals surface area contributed by atoms with Crippen LogP contribution in [0.25, 0.3) is 0 Å². The van der Waals surface area contributed by atoms with Crippen LogP contribution in [0.15, 0.2) is 29.2 Å². The number of ether oxygens (including phenoxy) is 1. The van der Waals surface area contributed by atoms with Crippen molar-refractivity contribution >= 4 is 17.7 Å². The number of halogens is 1. The van der Waals surface area contributed by atoms with Crippen LogP contribution < -0.4 is 0 Å². The van der Waals surface area contributed by atoms with Gasteiger partial charge in [0.25, 0.3) is 0 Å². The van der Waals surface area contributed by atoms with Crippen LogP contribution in [0.2, 0.25) is 0 Å². The number of cyclic esters (lactones) is 1. The Hall–Kier alpha value is -1.03. The van der Waals surface area contributed by atoms with Crippen molar-refractivity contribution in [3.63, 3.8) is 0 Å². The maximum absolute atomic E-state index is 13.3. The fourth-order valence-electron chi connectivity index (χ4n) is 1.51. The molecule has 1 aromatic carbocycles. The molecule has 2 rings (SSSR count). The number of carbonyl (C=O) groups is 1. The lowest BCUT2D eigenvalue weighted by atomic mass is 10.3. The lowest BCUT2D eigenvalue weighted by Crippen LogP contribution is -2.09. The summed E-state index contributed by atoms with van der Waals surface area (Å²) in [6, 6.07) is 6.46. The summed E-state index contributed by atoms with van der Waals surface area (Å²) in [6.07, 6.45) is 0.597. The molecule has 1 aromatic rings. The van der Waals surface area contributed by atoms with Gasteiger partial charge < -0.3 is 4.74 Å². The molecule has 0 spiro atoms. The first-order valence-corrected chi connectivity index (χ1v) is 5.66. The van der Waals surface area contributed by atoms with Crippen LogP contribution in [0.1, 0.15) is 13.3 Å². The highest BCUT2D eigenvalue weighted by atomic mass is 32.2. The van der Waals surface area contributed by atoms with Gasteiger partial charge in [-0.3, -0.25) is 4.79 Å². The summed E-state index contributed by atoms with van der Waals surface area (Å²) in [5.74, 6) is -0.523. The summed E-state index contributed by atoms with van der Waals surface area (Å²) in [5, 5.41) is -0.267. The van der Waals surface area contributed by atoms with Crippen molar-refractivity contribution < 1.29 is 13.9 Å². The van der Waals surface area contributed by atoms with Gasteiger partial charge in [0.15, 0.2) is 0 Å². The minimum atomic E-state index is -0.283. The number of rotatable bonds is 2. The molecule has 2 atom stereocenters. The average molecular weight is 226 g/mol. The van der Waals surface area contributed by atoms with E-state index in [1.807, 2.05) is 6.92 Å². The summed E-state index contributed by atoms with van der Waals surface area (Å²) in [4.78, 5) is 11.8. The highest BCUT2D eigenvalue weighted by molar-refractivity contribution is 8.00. The Balaban J connectivity index is 2.09. The third kappa shape index (κ3) is 2.31. The number of esters is 1. The summed E-state index contributed by atoms with van der Waals surface area (Å²) >= 11 is 1.24. The molecule has 1 aliphatic heterocycles.